The third-order valence-electron chi connectivity index (χ3n) is 7.50. The van der Waals surface area contributed by atoms with Crippen LogP contribution in [0.2, 0.25) is 0 Å². The minimum absolute atomic E-state index is 0.0226. The number of aromatic nitrogens is 2. The summed E-state index contributed by atoms with van der Waals surface area (Å²) in [5.74, 6) is -1.15. The van der Waals surface area contributed by atoms with Gasteiger partial charge in [-0.05, 0) is 78.8 Å². The third-order valence-corrected chi connectivity index (χ3v) is 10.8. The maximum atomic E-state index is 14.6. The standard InChI is InChI=1S/C34H47N5O12P2/c1-22(2)46-31(40)24(5)37-52(43,49-26-14-10-8-11-15-26)45-21-34(7)28(20-30(48-34)39-19-18-29(35)36-33(39)42)51-53(44,50-27-16-12-9-13-17-27)38-25(6)32(41)47-23(3)4/h8-19,22-25,28,30H,20-21H2,1-7H3,(H,37,43)(H,38,44)(H2,35,36,42)/t24-,25-,28-,30+,34+,52+,53-/m0/s1. The van der Waals surface area contributed by atoms with Crippen LogP contribution in [-0.4, -0.2) is 64.1 Å². The van der Waals surface area contributed by atoms with Crippen LogP contribution in [0.4, 0.5) is 5.82 Å². The van der Waals surface area contributed by atoms with E-state index in [0.717, 1.165) is 4.57 Å². The molecule has 3 aromatic rings. The van der Waals surface area contributed by atoms with Crippen molar-refractivity contribution < 1.29 is 51.0 Å². The van der Waals surface area contributed by atoms with Crippen molar-refractivity contribution in [1.82, 2.24) is 19.7 Å². The molecule has 1 aromatic heterocycles. The van der Waals surface area contributed by atoms with Crippen LogP contribution in [0.5, 0.6) is 11.5 Å². The van der Waals surface area contributed by atoms with E-state index in [9.17, 15) is 23.5 Å². The van der Waals surface area contributed by atoms with E-state index in [1.54, 1.807) is 88.4 Å². The van der Waals surface area contributed by atoms with Crippen molar-refractivity contribution in [1.29, 1.82) is 0 Å². The summed E-state index contributed by atoms with van der Waals surface area (Å²) in [5, 5.41) is 5.26. The second-order valence-corrected chi connectivity index (χ2v) is 16.3. The molecule has 0 spiro atoms. The number of ether oxygens (including phenoxy) is 3. The molecule has 2 aromatic carbocycles. The predicted octanol–water partition coefficient (Wildman–Crippen LogP) is 5.14. The molecule has 1 saturated heterocycles. The Morgan fingerprint density at radius 3 is 1.85 bits per heavy atom. The van der Waals surface area contributed by atoms with Crippen LogP contribution in [-0.2, 0) is 42.0 Å². The number of carbonyl (C=O) groups excluding carboxylic acids is 2. The molecule has 0 bridgehead atoms. The average Bonchev–Trinajstić information content (AvgIpc) is 3.38. The minimum Gasteiger partial charge on any atom is -0.462 e. The van der Waals surface area contributed by atoms with Gasteiger partial charge >= 0.3 is 33.1 Å². The molecule has 1 aliphatic rings. The first kappa shape index (κ1) is 41.7. The number of hydrogen-bond donors (Lipinski definition) is 3. The fraction of sp³-hybridized carbons (Fsp3) is 0.471. The van der Waals surface area contributed by atoms with Gasteiger partial charge in [0.15, 0.2) is 0 Å². The minimum atomic E-state index is -4.52. The summed E-state index contributed by atoms with van der Waals surface area (Å²) in [5.41, 5.74) is 3.31. The van der Waals surface area contributed by atoms with Gasteiger partial charge in [0.25, 0.3) is 0 Å². The molecule has 0 amide bonds. The predicted molar refractivity (Wildman–Crippen MR) is 194 cm³/mol. The number of rotatable bonds is 18. The fourth-order valence-corrected chi connectivity index (χ4v) is 8.37. The van der Waals surface area contributed by atoms with Crippen LogP contribution in [0.3, 0.4) is 0 Å². The topological polar surface area (TPSA) is 218 Å². The first-order chi connectivity index (χ1) is 24.9. The number of nitrogens with one attached hydrogen (secondary N) is 2. The fourth-order valence-electron chi connectivity index (χ4n) is 5.00. The van der Waals surface area contributed by atoms with Crippen molar-refractivity contribution in [3.63, 3.8) is 0 Å². The molecule has 290 valence electrons. The van der Waals surface area contributed by atoms with Crippen molar-refractivity contribution >= 4 is 33.2 Å². The Bertz CT molecular complexity index is 1850. The second kappa shape index (κ2) is 17.8. The molecule has 1 fully saturated rings. The van der Waals surface area contributed by atoms with Crippen LogP contribution >= 0.6 is 15.5 Å². The molecule has 0 unspecified atom stereocenters. The van der Waals surface area contributed by atoms with E-state index in [0.29, 0.717) is 0 Å². The van der Waals surface area contributed by atoms with E-state index in [2.05, 4.69) is 15.2 Å². The Morgan fingerprint density at radius 1 is 0.868 bits per heavy atom. The zero-order valence-electron chi connectivity index (χ0n) is 30.6. The number of nitrogens with two attached hydrogens (primary N) is 1. The van der Waals surface area contributed by atoms with Crippen molar-refractivity contribution in [2.24, 2.45) is 0 Å². The highest BCUT2D eigenvalue weighted by molar-refractivity contribution is 7.52. The number of hydrogen-bond acceptors (Lipinski definition) is 14. The van der Waals surface area contributed by atoms with E-state index in [1.807, 2.05) is 0 Å². The lowest BCUT2D eigenvalue weighted by molar-refractivity contribution is -0.150. The van der Waals surface area contributed by atoms with Crippen molar-refractivity contribution in [2.45, 2.75) is 97.1 Å². The zero-order valence-corrected chi connectivity index (χ0v) is 32.4. The van der Waals surface area contributed by atoms with Crippen LogP contribution in [0.15, 0.2) is 77.7 Å². The van der Waals surface area contributed by atoms with Gasteiger partial charge in [-0.3, -0.25) is 23.2 Å². The maximum absolute atomic E-state index is 14.6. The van der Waals surface area contributed by atoms with E-state index >= 15 is 0 Å². The normalized spacial score (nSPS) is 22.0. The molecule has 0 aliphatic carbocycles. The summed E-state index contributed by atoms with van der Waals surface area (Å²) >= 11 is 0. The van der Waals surface area contributed by atoms with E-state index in [1.165, 1.54) is 33.0 Å². The number of nitrogens with zero attached hydrogens (tertiary/aromatic N) is 2. The SMILES string of the molecule is CC(C)OC(=O)[C@H](C)N[P@@](=O)(OC[C@@]1(C)O[C@@H](n2ccc(N)nc2=O)C[C@@H]1O[P@](=O)(N[C@@H](C)C(=O)OC(C)C)Oc1ccccc1)Oc1ccccc1. The number of para-hydroxylation sites is 2. The van der Waals surface area contributed by atoms with Gasteiger partial charge in [0.1, 0.15) is 47.3 Å². The summed E-state index contributed by atoms with van der Waals surface area (Å²) < 4.78 is 71.0. The Kier molecular flexibility index (Phi) is 14.0. The average molecular weight is 780 g/mol. The first-order valence-corrected chi connectivity index (χ1v) is 20.0. The Labute approximate surface area is 308 Å². The lowest BCUT2D eigenvalue weighted by atomic mass is 10.0. The van der Waals surface area contributed by atoms with Gasteiger partial charge in [-0.2, -0.15) is 15.2 Å². The molecular formula is C34H47N5O12P2. The molecule has 2 heterocycles. The van der Waals surface area contributed by atoms with E-state index in [-0.39, 0.29) is 23.7 Å². The summed E-state index contributed by atoms with van der Waals surface area (Å²) in [4.78, 5) is 42.2. The molecule has 4 rings (SSSR count). The van der Waals surface area contributed by atoms with Crippen LogP contribution in [0.1, 0.15) is 61.1 Å². The van der Waals surface area contributed by atoms with Gasteiger partial charge in [-0.25, -0.2) is 13.9 Å². The van der Waals surface area contributed by atoms with Gasteiger partial charge in [0.2, 0.25) is 0 Å². The molecular weight excluding hydrogens is 732 g/mol. The smallest absolute Gasteiger partial charge is 0.459 e. The summed E-state index contributed by atoms with van der Waals surface area (Å²) in [6, 6.07) is 15.3. The highest BCUT2D eigenvalue weighted by Gasteiger charge is 2.53. The van der Waals surface area contributed by atoms with Crippen LogP contribution in [0, 0.1) is 0 Å². The van der Waals surface area contributed by atoms with Crippen LogP contribution < -0.4 is 30.6 Å². The lowest BCUT2D eigenvalue weighted by Gasteiger charge is -2.34. The van der Waals surface area contributed by atoms with Crippen molar-refractivity contribution in [2.75, 3.05) is 12.3 Å². The monoisotopic (exact) mass is 779 g/mol. The number of carbonyl (C=O) groups is 2. The quantitative estimate of drug-likeness (QED) is 0.112. The number of anilines is 1. The van der Waals surface area contributed by atoms with Gasteiger partial charge in [0, 0.05) is 12.6 Å². The first-order valence-electron chi connectivity index (χ1n) is 16.9. The highest BCUT2D eigenvalue weighted by atomic mass is 31.2. The summed E-state index contributed by atoms with van der Waals surface area (Å²) in [6.45, 7) is 10.5. The molecule has 4 N–H and O–H groups in total. The summed E-state index contributed by atoms with van der Waals surface area (Å²) in [6.07, 6.45) is -2.03. The lowest BCUT2D eigenvalue weighted by Crippen LogP contribution is -2.45. The Hall–Kier alpha value is -4.08. The Morgan fingerprint density at radius 2 is 1.36 bits per heavy atom. The van der Waals surface area contributed by atoms with E-state index in [4.69, 9.17) is 38.0 Å². The number of nitrogen functional groups attached to an aromatic ring is 1. The van der Waals surface area contributed by atoms with Gasteiger partial charge in [-0.15, -0.1) is 0 Å². The molecule has 1 aliphatic heterocycles. The zero-order chi connectivity index (χ0) is 39.0. The third kappa shape index (κ3) is 12.0. The molecule has 7 atom stereocenters. The van der Waals surface area contributed by atoms with Gasteiger partial charge in [0.05, 0.1) is 18.8 Å². The molecule has 17 nitrogen and oxygen atoms in total. The van der Waals surface area contributed by atoms with E-state index < -0.39 is 82.0 Å². The molecule has 19 heteroatoms. The number of benzene rings is 2. The van der Waals surface area contributed by atoms with Crippen molar-refractivity contribution in [3.8, 4) is 11.5 Å². The summed E-state index contributed by atoms with van der Waals surface area (Å²) in [7, 11) is -8.96. The second-order valence-electron chi connectivity index (χ2n) is 13.0. The maximum Gasteiger partial charge on any atom is 0.459 e. The Balaban J connectivity index is 1.71. The largest absolute Gasteiger partial charge is 0.462 e. The van der Waals surface area contributed by atoms with Gasteiger partial charge in [-0.1, -0.05) is 36.4 Å². The molecule has 53 heavy (non-hydrogen) atoms. The molecule has 0 radical (unpaired) electrons. The van der Waals surface area contributed by atoms with Gasteiger partial charge < -0.3 is 29.0 Å². The number of esters is 2. The highest BCUT2D eigenvalue weighted by Crippen LogP contribution is 2.53. The molecule has 0 saturated carbocycles. The van der Waals surface area contributed by atoms with Crippen molar-refractivity contribution in [3.05, 3.63) is 83.4 Å². The van der Waals surface area contributed by atoms with Crippen LogP contribution in [0.25, 0.3) is 0 Å².